The first kappa shape index (κ1) is 22.5. The monoisotopic (exact) mass is 426 g/mol. The van der Waals surface area contributed by atoms with E-state index in [1.165, 1.54) is 12.1 Å². The second kappa shape index (κ2) is 10.7. The van der Waals surface area contributed by atoms with E-state index >= 15 is 0 Å². The number of hydrogen-bond acceptors (Lipinski definition) is 2. The zero-order chi connectivity index (χ0) is 21.3. The van der Waals surface area contributed by atoms with Gasteiger partial charge in [0.25, 0.3) is 5.91 Å². The molecule has 0 aliphatic heterocycles. The Kier molecular flexibility index (Phi) is 8.33. The number of alkyl halides is 3. The topological polar surface area (TPSA) is 65.5 Å². The highest BCUT2D eigenvalue weighted by Crippen LogP contribution is 2.29. The van der Waals surface area contributed by atoms with Gasteiger partial charge in [0.1, 0.15) is 0 Å². The normalized spacial score (nSPS) is 11.8. The van der Waals surface area contributed by atoms with Crippen LogP contribution >= 0.6 is 11.6 Å². The molecule has 0 aromatic heterocycles. The Hall–Kier alpha value is -2.74. The van der Waals surface area contributed by atoms with Gasteiger partial charge in [-0.1, -0.05) is 35.9 Å². The van der Waals surface area contributed by atoms with E-state index in [-0.39, 0.29) is 12.5 Å². The van der Waals surface area contributed by atoms with Gasteiger partial charge in [-0.05, 0) is 36.8 Å². The van der Waals surface area contributed by atoms with E-state index < -0.39 is 11.7 Å². The molecule has 0 radical (unpaired) electrons. The summed E-state index contributed by atoms with van der Waals surface area (Å²) in [7, 11) is 0. The summed E-state index contributed by atoms with van der Waals surface area (Å²) in [5.41, 5.74) is 0.365. The van der Waals surface area contributed by atoms with E-state index in [0.717, 1.165) is 12.1 Å². The van der Waals surface area contributed by atoms with Crippen molar-refractivity contribution in [3.8, 4) is 0 Å². The maximum Gasteiger partial charge on any atom is 0.416 e. The number of aliphatic imine (C=N–C) groups is 1. The standard InChI is InChI=1S/C20H22ClF3N4O/c1-2-25-19(28-13-14-7-9-15(10-8-14)20(22,23)24)27-12-11-26-18(29)16-5-3-4-6-17(16)21/h3-10H,2,11-13H2,1H3,(H,26,29)(H2,25,27,28). The number of amides is 1. The SMILES string of the molecule is CCNC(=NCc1ccc(C(F)(F)F)cc1)NCCNC(=O)c1ccccc1Cl. The molecule has 0 unspecified atom stereocenters. The summed E-state index contributed by atoms with van der Waals surface area (Å²) in [5, 5.41) is 9.24. The summed E-state index contributed by atoms with van der Waals surface area (Å²) in [6, 6.07) is 11.6. The first-order chi connectivity index (χ1) is 13.8. The van der Waals surface area contributed by atoms with E-state index in [1.54, 1.807) is 24.3 Å². The Morgan fingerprint density at radius 2 is 1.66 bits per heavy atom. The number of hydrogen-bond donors (Lipinski definition) is 3. The van der Waals surface area contributed by atoms with Gasteiger partial charge in [-0.25, -0.2) is 4.99 Å². The van der Waals surface area contributed by atoms with Crippen molar-refractivity contribution in [3.63, 3.8) is 0 Å². The summed E-state index contributed by atoms with van der Waals surface area (Å²) in [6.07, 6.45) is -4.35. The van der Waals surface area contributed by atoms with Gasteiger partial charge in [-0.3, -0.25) is 4.79 Å². The van der Waals surface area contributed by atoms with Crippen LogP contribution in [0, 0.1) is 0 Å². The maximum absolute atomic E-state index is 12.6. The second-order valence-corrected chi connectivity index (χ2v) is 6.46. The van der Waals surface area contributed by atoms with E-state index in [0.29, 0.717) is 41.7 Å². The van der Waals surface area contributed by atoms with Crippen molar-refractivity contribution in [3.05, 3.63) is 70.2 Å². The molecule has 0 bridgehead atoms. The Morgan fingerprint density at radius 3 is 2.28 bits per heavy atom. The van der Waals surface area contributed by atoms with Gasteiger partial charge < -0.3 is 16.0 Å². The van der Waals surface area contributed by atoms with Crippen LogP contribution in [0.15, 0.2) is 53.5 Å². The fourth-order valence-corrected chi connectivity index (χ4v) is 2.63. The third-order valence-corrected chi connectivity index (χ3v) is 4.20. The van der Waals surface area contributed by atoms with Crippen LogP contribution in [0.3, 0.4) is 0 Å². The molecule has 0 heterocycles. The molecule has 29 heavy (non-hydrogen) atoms. The van der Waals surface area contributed by atoms with E-state index in [4.69, 9.17) is 11.6 Å². The number of carbonyl (C=O) groups is 1. The second-order valence-electron chi connectivity index (χ2n) is 6.05. The van der Waals surface area contributed by atoms with Crippen molar-refractivity contribution in [1.29, 1.82) is 0 Å². The fraction of sp³-hybridized carbons (Fsp3) is 0.300. The van der Waals surface area contributed by atoms with Gasteiger partial charge in [0.15, 0.2) is 5.96 Å². The van der Waals surface area contributed by atoms with Crippen LogP contribution in [0.2, 0.25) is 5.02 Å². The maximum atomic E-state index is 12.6. The van der Waals surface area contributed by atoms with E-state index in [2.05, 4.69) is 20.9 Å². The Balaban J connectivity index is 1.84. The molecule has 0 saturated carbocycles. The molecule has 0 atom stereocenters. The summed E-state index contributed by atoms with van der Waals surface area (Å²) < 4.78 is 37.8. The summed E-state index contributed by atoms with van der Waals surface area (Å²) in [4.78, 5) is 16.4. The zero-order valence-corrected chi connectivity index (χ0v) is 16.6. The van der Waals surface area contributed by atoms with Gasteiger partial charge in [-0.2, -0.15) is 13.2 Å². The molecule has 0 fully saturated rings. The Labute approximate surface area is 172 Å². The number of nitrogens with one attached hydrogen (secondary N) is 3. The van der Waals surface area contributed by atoms with Crippen molar-refractivity contribution in [2.24, 2.45) is 4.99 Å². The number of nitrogens with zero attached hydrogens (tertiary/aromatic N) is 1. The molecule has 0 saturated heterocycles. The van der Waals surface area contributed by atoms with Crippen LogP contribution in [0.4, 0.5) is 13.2 Å². The van der Waals surface area contributed by atoms with E-state index in [9.17, 15) is 18.0 Å². The van der Waals surface area contributed by atoms with Crippen molar-refractivity contribution in [1.82, 2.24) is 16.0 Å². The van der Waals surface area contributed by atoms with Crippen molar-refractivity contribution in [2.75, 3.05) is 19.6 Å². The summed E-state index contributed by atoms with van der Waals surface area (Å²) in [6.45, 7) is 3.49. The molecular formula is C20H22ClF3N4O. The van der Waals surface area contributed by atoms with Crippen molar-refractivity contribution < 1.29 is 18.0 Å². The largest absolute Gasteiger partial charge is 0.416 e. The van der Waals surface area contributed by atoms with Crippen molar-refractivity contribution >= 4 is 23.5 Å². The molecular weight excluding hydrogens is 405 g/mol. The molecule has 0 spiro atoms. The quantitative estimate of drug-likeness (QED) is 0.358. The smallest absolute Gasteiger partial charge is 0.357 e. The Bertz CT molecular complexity index is 838. The lowest BCUT2D eigenvalue weighted by molar-refractivity contribution is -0.137. The van der Waals surface area contributed by atoms with E-state index in [1.807, 2.05) is 6.92 Å². The van der Waals surface area contributed by atoms with Crippen LogP contribution in [0.25, 0.3) is 0 Å². The minimum Gasteiger partial charge on any atom is -0.357 e. The summed E-state index contributed by atoms with van der Waals surface area (Å²) >= 11 is 5.99. The average molecular weight is 427 g/mol. The third kappa shape index (κ3) is 7.30. The lowest BCUT2D eigenvalue weighted by Gasteiger charge is -2.12. The predicted octanol–water partition coefficient (Wildman–Crippen LogP) is 3.84. The molecule has 0 aliphatic rings. The zero-order valence-electron chi connectivity index (χ0n) is 15.8. The highest BCUT2D eigenvalue weighted by molar-refractivity contribution is 6.33. The molecule has 2 aromatic carbocycles. The first-order valence-corrected chi connectivity index (χ1v) is 9.40. The van der Waals surface area contributed by atoms with Gasteiger partial charge in [-0.15, -0.1) is 0 Å². The molecule has 2 aromatic rings. The fourth-order valence-electron chi connectivity index (χ4n) is 2.41. The molecule has 0 aliphatic carbocycles. The lowest BCUT2D eigenvalue weighted by Crippen LogP contribution is -2.41. The van der Waals surface area contributed by atoms with Crippen LogP contribution < -0.4 is 16.0 Å². The van der Waals surface area contributed by atoms with Crippen LogP contribution in [-0.4, -0.2) is 31.5 Å². The third-order valence-electron chi connectivity index (χ3n) is 3.87. The van der Waals surface area contributed by atoms with Gasteiger partial charge in [0.05, 0.1) is 22.7 Å². The number of carbonyl (C=O) groups excluding carboxylic acids is 1. The minimum atomic E-state index is -4.35. The van der Waals surface area contributed by atoms with Crippen LogP contribution in [0.1, 0.15) is 28.4 Å². The highest BCUT2D eigenvalue weighted by atomic mass is 35.5. The number of guanidine groups is 1. The number of benzene rings is 2. The van der Waals surface area contributed by atoms with Gasteiger partial charge in [0.2, 0.25) is 0 Å². The average Bonchev–Trinajstić information content (AvgIpc) is 2.69. The lowest BCUT2D eigenvalue weighted by atomic mass is 10.1. The summed E-state index contributed by atoms with van der Waals surface area (Å²) in [5.74, 6) is 0.225. The molecule has 5 nitrogen and oxygen atoms in total. The molecule has 9 heteroatoms. The van der Waals surface area contributed by atoms with Crippen LogP contribution in [-0.2, 0) is 12.7 Å². The van der Waals surface area contributed by atoms with Gasteiger partial charge in [0, 0.05) is 19.6 Å². The molecule has 2 rings (SSSR count). The predicted molar refractivity (Wildman–Crippen MR) is 108 cm³/mol. The molecule has 3 N–H and O–H groups in total. The number of rotatable bonds is 7. The molecule has 156 valence electrons. The number of halogens is 4. The highest BCUT2D eigenvalue weighted by Gasteiger charge is 2.29. The van der Waals surface area contributed by atoms with Crippen LogP contribution in [0.5, 0.6) is 0 Å². The molecule has 1 amide bonds. The Morgan fingerprint density at radius 1 is 1.00 bits per heavy atom. The first-order valence-electron chi connectivity index (χ1n) is 9.02. The minimum absolute atomic E-state index is 0.222. The van der Waals surface area contributed by atoms with Gasteiger partial charge >= 0.3 is 6.18 Å². The van der Waals surface area contributed by atoms with Crippen molar-refractivity contribution in [2.45, 2.75) is 19.6 Å².